The van der Waals surface area contributed by atoms with Crippen molar-refractivity contribution in [2.45, 2.75) is 19.3 Å². The van der Waals surface area contributed by atoms with Crippen molar-refractivity contribution in [1.82, 2.24) is 0 Å². The monoisotopic (exact) mass is 237 g/mol. The van der Waals surface area contributed by atoms with Crippen LogP contribution in [-0.4, -0.2) is 24.7 Å². The summed E-state index contributed by atoms with van der Waals surface area (Å²) in [4.78, 5) is 13.7. The van der Waals surface area contributed by atoms with E-state index in [0.29, 0.717) is 5.69 Å². The summed E-state index contributed by atoms with van der Waals surface area (Å²) in [7, 11) is 1.66. The molecule has 4 heteroatoms. The molecule has 0 saturated heterocycles. The van der Waals surface area contributed by atoms with Gasteiger partial charge in [0.25, 0.3) is 0 Å². The van der Waals surface area contributed by atoms with E-state index in [4.69, 9.17) is 0 Å². The molecule has 1 aliphatic carbocycles. The minimum atomic E-state index is -0.608. The van der Waals surface area contributed by atoms with Crippen LogP contribution in [0.3, 0.4) is 0 Å². The lowest BCUT2D eigenvalue weighted by Gasteiger charge is -2.41. The van der Waals surface area contributed by atoms with Crippen LogP contribution in [0, 0.1) is 11.2 Å². The quantitative estimate of drug-likeness (QED) is 0.873. The second kappa shape index (κ2) is 4.45. The van der Waals surface area contributed by atoms with E-state index in [0.717, 1.165) is 19.3 Å². The summed E-state index contributed by atoms with van der Waals surface area (Å²) in [5.74, 6) is -0.409. The van der Waals surface area contributed by atoms with Gasteiger partial charge in [-0.1, -0.05) is 6.42 Å². The van der Waals surface area contributed by atoms with Crippen LogP contribution in [0.4, 0.5) is 10.1 Å². The zero-order valence-electron chi connectivity index (χ0n) is 9.82. The summed E-state index contributed by atoms with van der Waals surface area (Å²) < 4.78 is 12.8. The molecule has 1 saturated carbocycles. The molecule has 1 aliphatic rings. The van der Waals surface area contributed by atoms with E-state index in [-0.39, 0.29) is 18.3 Å². The molecular formula is C13H16FNO2. The molecule has 17 heavy (non-hydrogen) atoms. The summed E-state index contributed by atoms with van der Waals surface area (Å²) >= 11 is 0. The van der Waals surface area contributed by atoms with Crippen LogP contribution < -0.4 is 4.90 Å². The first-order valence-corrected chi connectivity index (χ1v) is 5.74. The van der Waals surface area contributed by atoms with Gasteiger partial charge < -0.3 is 10.0 Å². The minimum absolute atomic E-state index is 0.0853. The lowest BCUT2D eigenvalue weighted by atomic mass is 9.68. The van der Waals surface area contributed by atoms with Gasteiger partial charge in [-0.25, -0.2) is 4.39 Å². The Labute approximate surface area is 99.9 Å². The zero-order chi connectivity index (χ0) is 12.5. The predicted molar refractivity (Wildman–Crippen MR) is 63.2 cm³/mol. The third kappa shape index (κ3) is 2.05. The largest absolute Gasteiger partial charge is 0.395 e. The lowest BCUT2D eigenvalue weighted by Crippen LogP contribution is -2.49. The molecule has 0 spiro atoms. The Morgan fingerprint density at radius 1 is 1.41 bits per heavy atom. The Morgan fingerprint density at radius 2 is 2.00 bits per heavy atom. The molecule has 1 aromatic carbocycles. The van der Waals surface area contributed by atoms with Crippen LogP contribution in [-0.2, 0) is 4.79 Å². The molecule has 0 bridgehead atoms. The van der Waals surface area contributed by atoms with Crippen molar-refractivity contribution >= 4 is 11.6 Å². The first-order chi connectivity index (χ1) is 8.09. The number of hydrogen-bond acceptors (Lipinski definition) is 2. The van der Waals surface area contributed by atoms with Gasteiger partial charge in [-0.15, -0.1) is 0 Å². The van der Waals surface area contributed by atoms with E-state index >= 15 is 0 Å². The highest BCUT2D eigenvalue weighted by atomic mass is 19.1. The molecule has 0 unspecified atom stereocenters. The van der Waals surface area contributed by atoms with Gasteiger partial charge in [0.15, 0.2) is 0 Å². The standard InChI is InChI=1S/C13H16FNO2/c1-15(11-5-3-10(14)4-6-11)12(17)13(9-16)7-2-8-13/h3-6,16H,2,7-9H2,1H3. The third-order valence-corrected chi connectivity index (χ3v) is 3.59. The van der Waals surface area contributed by atoms with E-state index in [1.165, 1.54) is 17.0 Å². The van der Waals surface area contributed by atoms with Gasteiger partial charge in [-0.3, -0.25) is 4.79 Å². The molecule has 0 heterocycles. The number of carbonyl (C=O) groups is 1. The van der Waals surface area contributed by atoms with Gasteiger partial charge in [-0.05, 0) is 37.1 Å². The van der Waals surface area contributed by atoms with Crippen LogP contribution in [0.5, 0.6) is 0 Å². The van der Waals surface area contributed by atoms with E-state index in [1.807, 2.05) is 0 Å². The molecule has 0 radical (unpaired) electrons. The molecule has 0 aromatic heterocycles. The van der Waals surface area contributed by atoms with Crippen molar-refractivity contribution < 1.29 is 14.3 Å². The van der Waals surface area contributed by atoms with Gasteiger partial charge in [0.05, 0.1) is 12.0 Å². The average molecular weight is 237 g/mol. The SMILES string of the molecule is CN(C(=O)C1(CO)CCC1)c1ccc(F)cc1. The maximum absolute atomic E-state index is 12.8. The Kier molecular flexibility index (Phi) is 3.15. The van der Waals surface area contributed by atoms with E-state index in [9.17, 15) is 14.3 Å². The minimum Gasteiger partial charge on any atom is -0.395 e. The first-order valence-electron chi connectivity index (χ1n) is 5.74. The molecule has 92 valence electrons. The van der Waals surface area contributed by atoms with Crippen molar-refractivity contribution in [3.63, 3.8) is 0 Å². The highest BCUT2D eigenvalue weighted by molar-refractivity contribution is 5.97. The number of halogens is 1. The molecule has 0 aliphatic heterocycles. The smallest absolute Gasteiger partial charge is 0.235 e. The molecule has 1 N–H and O–H groups in total. The summed E-state index contributed by atoms with van der Waals surface area (Å²) in [5.41, 5.74) is 0.0412. The number of carbonyl (C=O) groups excluding carboxylic acids is 1. The van der Waals surface area contributed by atoms with Crippen molar-refractivity contribution in [2.75, 3.05) is 18.6 Å². The second-order valence-corrected chi connectivity index (χ2v) is 4.63. The number of hydrogen-bond donors (Lipinski definition) is 1. The first kappa shape index (κ1) is 12.0. The molecule has 2 rings (SSSR count). The number of aliphatic hydroxyl groups excluding tert-OH is 1. The van der Waals surface area contributed by atoms with Crippen molar-refractivity contribution in [3.05, 3.63) is 30.1 Å². The Hall–Kier alpha value is -1.42. The van der Waals surface area contributed by atoms with E-state index in [1.54, 1.807) is 19.2 Å². The molecule has 1 fully saturated rings. The fourth-order valence-corrected chi connectivity index (χ4v) is 2.18. The number of rotatable bonds is 3. The number of benzene rings is 1. The van der Waals surface area contributed by atoms with Gasteiger partial charge in [-0.2, -0.15) is 0 Å². The van der Waals surface area contributed by atoms with Crippen molar-refractivity contribution in [3.8, 4) is 0 Å². The van der Waals surface area contributed by atoms with Crippen LogP contribution in [0.1, 0.15) is 19.3 Å². The Balaban J connectivity index is 2.17. The van der Waals surface area contributed by atoms with Gasteiger partial charge in [0.1, 0.15) is 5.82 Å². The maximum Gasteiger partial charge on any atom is 0.235 e. The molecule has 0 atom stereocenters. The topological polar surface area (TPSA) is 40.5 Å². The molecular weight excluding hydrogens is 221 g/mol. The second-order valence-electron chi connectivity index (χ2n) is 4.63. The fourth-order valence-electron chi connectivity index (χ4n) is 2.18. The normalized spacial score (nSPS) is 17.4. The summed E-state index contributed by atoms with van der Waals surface area (Å²) in [6.45, 7) is -0.114. The number of anilines is 1. The van der Waals surface area contributed by atoms with E-state index in [2.05, 4.69) is 0 Å². The van der Waals surface area contributed by atoms with Crippen molar-refractivity contribution in [1.29, 1.82) is 0 Å². The summed E-state index contributed by atoms with van der Waals surface area (Å²) in [6, 6.07) is 5.78. The van der Waals surface area contributed by atoms with Crippen LogP contribution >= 0.6 is 0 Å². The lowest BCUT2D eigenvalue weighted by molar-refractivity contribution is -0.136. The molecule has 3 nitrogen and oxygen atoms in total. The number of amides is 1. The fraction of sp³-hybridized carbons (Fsp3) is 0.462. The zero-order valence-corrected chi connectivity index (χ0v) is 9.82. The van der Waals surface area contributed by atoms with Gasteiger partial charge in [0, 0.05) is 12.7 Å². The summed E-state index contributed by atoms with van der Waals surface area (Å²) in [5, 5.41) is 9.34. The highest BCUT2D eigenvalue weighted by Gasteiger charge is 2.45. The Bertz CT molecular complexity index is 406. The number of nitrogens with zero attached hydrogens (tertiary/aromatic N) is 1. The van der Waals surface area contributed by atoms with Gasteiger partial charge in [0.2, 0.25) is 5.91 Å². The molecule has 1 aromatic rings. The highest BCUT2D eigenvalue weighted by Crippen LogP contribution is 2.42. The summed E-state index contributed by atoms with van der Waals surface area (Å²) in [6.07, 6.45) is 2.44. The molecule has 1 amide bonds. The van der Waals surface area contributed by atoms with E-state index < -0.39 is 5.41 Å². The van der Waals surface area contributed by atoms with Crippen molar-refractivity contribution in [2.24, 2.45) is 5.41 Å². The van der Waals surface area contributed by atoms with Crippen LogP contribution in [0.25, 0.3) is 0 Å². The number of aliphatic hydroxyl groups is 1. The maximum atomic E-state index is 12.8. The van der Waals surface area contributed by atoms with Crippen LogP contribution in [0.15, 0.2) is 24.3 Å². The van der Waals surface area contributed by atoms with Gasteiger partial charge >= 0.3 is 0 Å². The van der Waals surface area contributed by atoms with Crippen LogP contribution in [0.2, 0.25) is 0 Å². The average Bonchev–Trinajstić information content (AvgIpc) is 2.28. The Morgan fingerprint density at radius 3 is 2.41 bits per heavy atom. The predicted octanol–water partition coefficient (Wildman–Crippen LogP) is 1.95. The third-order valence-electron chi connectivity index (χ3n) is 3.59.